The molecule has 0 fully saturated rings. The standard InChI is InChI=1S/C23H24FN3O2/c1-23(2,3)27(22(28)29)18(14-25)11-15-9-10-17(12-19(15)24)21-13-16-7-5-6-8-20(16)26(21)4/h5-10,12-13,18H,11H2,1-4H3,(H,28,29). The van der Waals surface area contributed by atoms with Crippen molar-refractivity contribution < 1.29 is 14.3 Å². The molecule has 0 aliphatic rings. The van der Waals surface area contributed by atoms with Crippen molar-refractivity contribution in [1.29, 1.82) is 5.26 Å². The van der Waals surface area contributed by atoms with Gasteiger partial charge in [-0.2, -0.15) is 5.26 Å². The van der Waals surface area contributed by atoms with Gasteiger partial charge in [-0.05, 0) is 44.5 Å². The molecule has 0 aliphatic carbocycles. The van der Waals surface area contributed by atoms with Crippen LogP contribution in [-0.4, -0.2) is 32.2 Å². The average Bonchev–Trinajstić information content (AvgIpc) is 2.98. The van der Waals surface area contributed by atoms with E-state index in [1.807, 2.05) is 54.1 Å². The number of halogens is 1. The summed E-state index contributed by atoms with van der Waals surface area (Å²) < 4.78 is 16.9. The molecule has 1 unspecified atom stereocenters. The smallest absolute Gasteiger partial charge is 0.408 e. The molecule has 0 saturated heterocycles. The van der Waals surface area contributed by atoms with Crippen LogP contribution < -0.4 is 0 Å². The Hall–Kier alpha value is -3.33. The van der Waals surface area contributed by atoms with Gasteiger partial charge >= 0.3 is 6.09 Å². The molecular weight excluding hydrogens is 369 g/mol. The number of hydrogen-bond acceptors (Lipinski definition) is 2. The minimum absolute atomic E-state index is 0.0126. The summed E-state index contributed by atoms with van der Waals surface area (Å²) in [5.41, 5.74) is 2.21. The largest absolute Gasteiger partial charge is 0.465 e. The highest BCUT2D eigenvalue weighted by atomic mass is 19.1. The third-order valence-electron chi connectivity index (χ3n) is 5.10. The van der Waals surface area contributed by atoms with Crippen LogP contribution in [0.5, 0.6) is 0 Å². The van der Waals surface area contributed by atoms with Gasteiger partial charge in [-0.25, -0.2) is 9.18 Å². The Morgan fingerprint density at radius 1 is 1.24 bits per heavy atom. The molecular formula is C23H24FN3O2. The maximum atomic E-state index is 14.9. The number of rotatable bonds is 4. The van der Waals surface area contributed by atoms with E-state index in [4.69, 9.17) is 0 Å². The zero-order valence-corrected chi connectivity index (χ0v) is 17.0. The Morgan fingerprint density at radius 2 is 1.93 bits per heavy atom. The van der Waals surface area contributed by atoms with Crippen molar-refractivity contribution in [3.8, 4) is 17.3 Å². The van der Waals surface area contributed by atoms with E-state index in [-0.39, 0.29) is 6.42 Å². The summed E-state index contributed by atoms with van der Waals surface area (Å²) in [6.07, 6.45) is -1.21. The van der Waals surface area contributed by atoms with Crippen LogP contribution in [0, 0.1) is 17.1 Å². The third-order valence-corrected chi connectivity index (χ3v) is 5.10. The van der Waals surface area contributed by atoms with E-state index in [1.54, 1.807) is 26.8 Å². The molecule has 1 amide bonds. The number of amides is 1. The van der Waals surface area contributed by atoms with Gasteiger partial charge in [-0.3, -0.25) is 4.90 Å². The SMILES string of the molecule is Cn1c(-c2ccc(CC(C#N)N(C(=O)O)C(C)(C)C)c(F)c2)cc2ccccc21. The Bertz CT molecular complexity index is 1110. The van der Waals surface area contributed by atoms with Crippen LogP contribution in [0.4, 0.5) is 9.18 Å². The summed E-state index contributed by atoms with van der Waals surface area (Å²) in [5, 5.41) is 20.1. The van der Waals surface area contributed by atoms with Crippen molar-refractivity contribution in [3.05, 3.63) is 59.9 Å². The molecule has 0 saturated carbocycles. The quantitative estimate of drug-likeness (QED) is 0.662. The van der Waals surface area contributed by atoms with Crippen LogP contribution in [-0.2, 0) is 13.5 Å². The summed E-state index contributed by atoms with van der Waals surface area (Å²) in [7, 11) is 1.93. The first kappa shape index (κ1) is 20.4. The van der Waals surface area contributed by atoms with E-state index in [1.165, 1.54) is 6.07 Å². The Labute approximate surface area is 169 Å². The number of aryl methyl sites for hydroxylation is 1. The molecule has 29 heavy (non-hydrogen) atoms. The fourth-order valence-electron chi connectivity index (χ4n) is 3.73. The number of fused-ring (bicyclic) bond motifs is 1. The van der Waals surface area contributed by atoms with Gasteiger partial charge in [0.1, 0.15) is 11.9 Å². The number of para-hydroxylation sites is 1. The summed E-state index contributed by atoms with van der Waals surface area (Å²) in [6, 6.07) is 15.9. The molecule has 6 heteroatoms. The minimum atomic E-state index is -1.20. The van der Waals surface area contributed by atoms with E-state index in [2.05, 4.69) is 0 Å². The number of aromatic nitrogens is 1. The van der Waals surface area contributed by atoms with E-state index >= 15 is 0 Å². The van der Waals surface area contributed by atoms with Gasteiger partial charge in [0.25, 0.3) is 0 Å². The lowest BCUT2D eigenvalue weighted by molar-refractivity contribution is 0.0848. The first-order valence-corrected chi connectivity index (χ1v) is 9.38. The molecule has 3 aromatic rings. The van der Waals surface area contributed by atoms with Gasteiger partial charge in [0.15, 0.2) is 0 Å². The molecule has 0 aliphatic heterocycles. The van der Waals surface area contributed by atoms with Crippen molar-refractivity contribution in [2.75, 3.05) is 0 Å². The fourth-order valence-corrected chi connectivity index (χ4v) is 3.73. The van der Waals surface area contributed by atoms with Gasteiger partial charge in [-0.15, -0.1) is 0 Å². The topological polar surface area (TPSA) is 69.3 Å². The molecule has 1 atom stereocenters. The first-order chi connectivity index (χ1) is 13.6. The van der Waals surface area contributed by atoms with Gasteiger partial charge < -0.3 is 9.67 Å². The maximum absolute atomic E-state index is 14.9. The van der Waals surface area contributed by atoms with Crippen molar-refractivity contribution in [2.45, 2.75) is 38.8 Å². The molecule has 5 nitrogen and oxygen atoms in total. The van der Waals surface area contributed by atoms with Crippen molar-refractivity contribution in [3.63, 3.8) is 0 Å². The molecule has 0 bridgehead atoms. The number of carbonyl (C=O) groups is 1. The number of hydrogen-bond donors (Lipinski definition) is 1. The van der Waals surface area contributed by atoms with E-state index < -0.39 is 23.5 Å². The molecule has 2 aromatic carbocycles. The Morgan fingerprint density at radius 3 is 2.48 bits per heavy atom. The predicted molar refractivity (Wildman–Crippen MR) is 111 cm³/mol. The monoisotopic (exact) mass is 393 g/mol. The third kappa shape index (κ3) is 3.95. The second-order valence-corrected chi connectivity index (χ2v) is 8.13. The summed E-state index contributed by atoms with van der Waals surface area (Å²) in [5.74, 6) is -0.452. The van der Waals surface area contributed by atoms with Crippen LogP contribution in [0.1, 0.15) is 26.3 Å². The highest BCUT2D eigenvalue weighted by molar-refractivity contribution is 5.86. The predicted octanol–water partition coefficient (Wildman–Crippen LogP) is 5.20. The number of carboxylic acid groups (broad SMARTS) is 1. The summed E-state index contributed by atoms with van der Waals surface area (Å²) >= 11 is 0. The summed E-state index contributed by atoms with van der Waals surface area (Å²) in [4.78, 5) is 12.7. The molecule has 150 valence electrons. The molecule has 1 heterocycles. The lowest BCUT2D eigenvalue weighted by Gasteiger charge is -2.36. The van der Waals surface area contributed by atoms with Crippen molar-refractivity contribution in [1.82, 2.24) is 9.47 Å². The first-order valence-electron chi connectivity index (χ1n) is 9.38. The molecule has 1 aromatic heterocycles. The van der Waals surface area contributed by atoms with Gasteiger partial charge in [0, 0.05) is 41.2 Å². The van der Waals surface area contributed by atoms with Crippen molar-refractivity contribution >= 4 is 17.0 Å². The number of benzene rings is 2. The minimum Gasteiger partial charge on any atom is -0.465 e. The van der Waals surface area contributed by atoms with Crippen LogP contribution in [0.15, 0.2) is 48.5 Å². The highest BCUT2D eigenvalue weighted by Crippen LogP contribution is 2.29. The van der Waals surface area contributed by atoms with Crippen LogP contribution in [0.2, 0.25) is 0 Å². The van der Waals surface area contributed by atoms with Crippen LogP contribution in [0.25, 0.3) is 22.2 Å². The van der Waals surface area contributed by atoms with E-state index in [0.29, 0.717) is 5.56 Å². The summed E-state index contributed by atoms with van der Waals surface area (Å²) in [6.45, 7) is 5.14. The molecule has 1 N–H and O–H groups in total. The molecule has 0 radical (unpaired) electrons. The van der Waals surface area contributed by atoms with Gasteiger partial charge in [0.2, 0.25) is 0 Å². The van der Waals surface area contributed by atoms with E-state index in [0.717, 1.165) is 27.1 Å². The number of nitriles is 1. The zero-order valence-electron chi connectivity index (χ0n) is 17.0. The normalized spacial score (nSPS) is 12.6. The fraction of sp³-hybridized carbons (Fsp3) is 0.304. The maximum Gasteiger partial charge on any atom is 0.408 e. The van der Waals surface area contributed by atoms with Gasteiger partial charge in [-0.1, -0.05) is 30.3 Å². The zero-order chi connectivity index (χ0) is 21.3. The van der Waals surface area contributed by atoms with Crippen LogP contribution in [0.3, 0.4) is 0 Å². The van der Waals surface area contributed by atoms with Gasteiger partial charge in [0.05, 0.1) is 6.07 Å². The second-order valence-electron chi connectivity index (χ2n) is 8.13. The highest BCUT2D eigenvalue weighted by Gasteiger charge is 2.33. The number of nitrogens with zero attached hydrogens (tertiary/aromatic N) is 3. The molecule has 3 rings (SSSR count). The molecule has 0 spiro atoms. The lowest BCUT2D eigenvalue weighted by atomic mass is 9.98. The second kappa shape index (κ2) is 7.59. The lowest BCUT2D eigenvalue weighted by Crippen LogP contribution is -2.51. The van der Waals surface area contributed by atoms with E-state index in [9.17, 15) is 19.6 Å². The Kier molecular flexibility index (Phi) is 5.34. The average molecular weight is 393 g/mol. The van der Waals surface area contributed by atoms with Crippen molar-refractivity contribution in [2.24, 2.45) is 7.05 Å². The van der Waals surface area contributed by atoms with Crippen LogP contribution >= 0.6 is 0 Å². The Balaban J connectivity index is 1.94.